The van der Waals surface area contributed by atoms with Crippen molar-refractivity contribution in [2.24, 2.45) is 0 Å². The first-order valence-electron chi connectivity index (χ1n) is 16.5. The van der Waals surface area contributed by atoms with Crippen molar-refractivity contribution in [1.29, 1.82) is 0 Å². The Kier molecular flexibility index (Phi) is 11.6. The lowest BCUT2D eigenvalue weighted by Crippen LogP contribution is -2.21. The Hall–Kier alpha value is -5.76. The van der Waals surface area contributed by atoms with Crippen molar-refractivity contribution in [3.8, 4) is 28.7 Å². The van der Waals surface area contributed by atoms with E-state index >= 15 is 0 Å². The van der Waals surface area contributed by atoms with Gasteiger partial charge in [-0.15, -0.1) is 0 Å². The van der Waals surface area contributed by atoms with Crippen LogP contribution >= 0.6 is 0 Å². The molecule has 0 aromatic heterocycles. The second-order valence-corrected chi connectivity index (χ2v) is 12.0. The van der Waals surface area contributed by atoms with E-state index in [2.05, 4.69) is 0 Å². The third-order valence-electron chi connectivity index (χ3n) is 8.16. The molecule has 3 N–H and O–H groups in total. The van der Waals surface area contributed by atoms with Crippen molar-refractivity contribution >= 4 is 0 Å². The van der Waals surface area contributed by atoms with Crippen molar-refractivity contribution < 1.29 is 34.3 Å². The number of ether oxygens (including phenoxy) is 4. The SMILES string of the molecule is Oc1cc(OCc2ccccc2)cc(OCc2ccccc2)c1C[C@@H](O)[C@H](O)c1cc(OCc2ccccc2)cc(OCc2ccccc2)c1. The summed E-state index contributed by atoms with van der Waals surface area (Å²) in [4.78, 5) is 0. The molecule has 2 atom stereocenters. The molecule has 0 heterocycles. The number of rotatable bonds is 16. The highest BCUT2D eigenvalue weighted by molar-refractivity contribution is 5.51. The normalized spacial score (nSPS) is 12.1. The van der Waals surface area contributed by atoms with Crippen molar-refractivity contribution in [2.45, 2.75) is 45.1 Å². The molecule has 6 rings (SSSR count). The summed E-state index contributed by atoms with van der Waals surface area (Å²) in [5.74, 6) is 1.61. The zero-order chi connectivity index (χ0) is 34.5. The van der Waals surface area contributed by atoms with E-state index in [1.165, 1.54) is 6.07 Å². The molecule has 0 aliphatic carbocycles. The predicted molar refractivity (Wildman–Crippen MR) is 192 cm³/mol. The largest absolute Gasteiger partial charge is 0.507 e. The quantitative estimate of drug-likeness (QED) is 0.0954. The lowest BCUT2D eigenvalue weighted by atomic mass is 9.96. The summed E-state index contributed by atoms with van der Waals surface area (Å²) in [5.41, 5.74) is 4.63. The van der Waals surface area contributed by atoms with Gasteiger partial charge in [0.25, 0.3) is 0 Å². The van der Waals surface area contributed by atoms with E-state index in [9.17, 15) is 15.3 Å². The van der Waals surface area contributed by atoms with Crippen LogP contribution in [0.4, 0.5) is 0 Å². The zero-order valence-electron chi connectivity index (χ0n) is 27.6. The van der Waals surface area contributed by atoms with Crippen LogP contribution in [0.15, 0.2) is 152 Å². The third-order valence-corrected chi connectivity index (χ3v) is 8.16. The van der Waals surface area contributed by atoms with Crippen LogP contribution in [0, 0.1) is 0 Å². The maximum absolute atomic E-state index is 11.5. The lowest BCUT2D eigenvalue weighted by molar-refractivity contribution is 0.0179. The number of aliphatic hydroxyl groups excluding tert-OH is 2. The first-order chi connectivity index (χ1) is 24.5. The molecule has 0 radical (unpaired) electrons. The van der Waals surface area contributed by atoms with Crippen LogP contribution in [0.3, 0.4) is 0 Å². The van der Waals surface area contributed by atoms with Gasteiger partial charge >= 0.3 is 0 Å². The minimum absolute atomic E-state index is 0.106. The summed E-state index contributed by atoms with van der Waals surface area (Å²) in [5, 5.41) is 34.2. The lowest BCUT2D eigenvalue weighted by Gasteiger charge is -2.22. The first kappa shape index (κ1) is 34.1. The van der Waals surface area contributed by atoms with Crippen LogP contribution in [-0.2, 0) is 32.8 Å². The molecule has 6 aromatic rings. The number of phenols is 1. The molecule has 254 valence electrons. The molecule has 0 aliphatic heterocycles. The highest BCUT2D eigenvalue weighted by atomic mass is 16.5. The number of aromatic hydroxyl groups is 1. The maximum Gasteiger partial charge on any atom is 0.130 e. The number of phenolic OH excluding ortho intramolecular Hbond substituents is 1. The number of hydrogen-bond acceptors (Lipinski definition) is 7. The number of aliphatic hydroxyl groups is 2. The number of hydrogen-bond donors (Lipinski definition) is 3. The molecule has 6 aromatic carbocycles. The molecular weight excluding hydrogens is 628 g/mol. The fraction of sp³-hybridized carbons (Fsp3) is 0.163. The molecule has 0 saturated carbocycles. The Morgan fingerprint density at radius 3 is 1.24 bits per heavy atom. The van der Waals surface area contributed by atoms with E-state index in [1.807, 2.05) is 121 Å². The van der Waals surface area contributed by atoms with Crippen LogP contribution < -0.4 is 18.9 Å². The van der Waals surface area contributed by atoms with Crippen LogP contribution in [0.1, 0.15) is 39.5 Å². The molecule has 7 heteroatoms. The van der Waals surface area contributed by atoms with E-state index in [0.29, 0.717) is 53.9 Å². The van der Waals surface area contributed by atoms with Crippen LogP contribution in [0.25, 0.3) is 0 Å². The molecule has 0 bridgehead atoms. The topological polar surface area (TPSA) is 97.6 Å². The standard InChI is InChI=1S/C43H40O7/c44-40-24-38(49-29-33-17-9-3-10-18-33)25-42(50-30-34-19-11-4-12-20-34)39(40)26-41(45)43(46)35-21-36(47-27-31-13-5-1-6-14-31)23-37(22-35)48-28-32-15-7-2-8-16-32/h1-25,41,43-46H,26-30H2/t41-,43-/m1/s1. The minimum atomic E-state index is -1.34. The fourth-order valence-corrected chi connectivity index (χ4v) is 5.46. The van der Waals surface area contributed by atoms with Crippen molar-refractivity contribution in [2.75, 3.05) is 0 Å². The molecule has 0 aliphatic rings. The van der Waals surface area contributed by atoms with Gasteiger partial charge in [0.15, 0.2) is 0 Å². The van der Waals surface area contributed by atoms with Crippen LogP contribution in [0.2, 0.25) is 0 Å². The van der Waals surface area contributed by atoms with Crippen LogP contribution in [0.5, 0.6) is 28.7 Å². The summed E-state index contributed by atoms with van der Waals surface area (Å²) in [6.45, 7) is 1.17. The zero-order valence-corrected chi connectivity index (χ0v) is 27.6. The Balaban J connectivity index is 1.23. The molecule has 0 amide bonds. The highest BCUT2D eigenvalue weighted by Gasteiger charge is 2.25. The van der Waals surface area contributed by atoms with Gasteiger partial charge in [0.05, 0.1) is 6.10 Å². The Morgan fingerprint density at radius 2 is 0.820 bits per heavy atom. The monoisotopic (exact) mass is 668 g/mol. The average molecular weight is 669 g/mol. The fourth-order valence-electron chi connectivity index (χ4n) is 5.46. The maximum atomic E-state index is 11.5. The molecule has 0 saturated heterocycles. The van der Waals surface area contributed by atoms with Gasteiger partial charge < -0.3 is 34.3 Å². The summed E-state index contributed by atoms with van der Waals surface area (Å²) < 4.78 is 24.4. The predicted octanol–water partition coefficient (Wildman–Crippen LogP) is 8.35. The molecule has 0 unspecified atom stereocenters. The average Bonchev–Trinajstić information content (AvgIpc) is 3.17. The summed E-state index contributed by atoms with van der Waals surface area (Å²) in [6, 6.07) is 47.3. The summed E-state index contributed by atoms with van der Waals surface area (Å²) >= 11 is 0. The van der Waals surface area contributed by atoms with Gasteiger partial charge in [-0.1, -0.05) is 121 Å². The summed E-state index contributed by atoms with van der Waals surface area (Å²) in [7, 11) is 0. The Labute approximate surface area is 292 Å². The third kappa shape index (κ3) is 9.66. The van der Waals surface area contributed by atoms with Gasteiger partial charge in [-0.2, -0.15) is 0 Å². The molecular formula is C43H40O7. The van der Waals surface area contributed by atoms with Gasteiger partial charge in [0.2, 0.25) is 0 Å². The second-order valence-electron chi connectivity index (χ2n) is 12.0. The second kappa shape index (κ2) is 17.1. The minimum Gasteiger partial charge on any atom is -0.507 e. The van der Waals surface area contributed by atoms with Gasteiger partial charge in [0.1, 0.15) is 61.3 Å². The molecule has 7 nitrogen and oxygen atoms in total. The smallest absolute Gasteiger partial charge is 0.130 e. The van der Waals surface area contributed by atoms with E-state index in [0.717, 1.165) is 22.3 Å². The van der Waals surface area contributed by atoms with Crippen molar-refractivity contribution in [3.63, 3.8) is 0 Å². The van der Waals surface area contributed by atoms with Gasteiger partial charge in [-0.3, -0.25) is 0 Å². The Morgan fingerprint density at radius 1 is 0.440 bits per heavy atom. The Bertz CT molecular complexity index is 1850. The van der Waals surface area contributed by atoms with Gasteiger partial charge in [0, 0.05) is 30.2 Å². The number of benzene rings is 6. The van der Waals surface area contributed by atoms with Gasteiger partial charge in [-0.05, 0) is 39.9 Å². The van der Waals surface area contributed by atoms with E-state index in [-0.39, 0.29) is 18.8 Å². The van der Waals surface area contributed by atoms with Crippen molar-refractivity contribution in [1.82, 2.24) is 0 Å². The molecule has 50 heavy (non-hydrogen) atoms. The van der Waals surface area contributed by atoms with E-state index in [4.69, 9.17) is 18.9 Å². The molecule has 0 fully saturated rings. The molecule has 0 spiro atoms. The first-order valence-corrected chi connectivity index (χ1v) is 16.5. The van der Waals surface area contributed by atoms with Gasteiger partial charge in [-0.25, -0.2) is 0 Å². The van der Waals surface area contributed by atoms with Crippen LogP contribution in [-0.4, -0.2) is 21.4 Å². The van der Waals surface area contributed by atoms with Crippen molar-refractivity contribution in [3.05, 3.63) is 185 Å². The summed E-state index contributed by atoms with van der Waals surface area (Å²) in [6.07, 6.45) is -2.77. The van der Waals surface area contributed by atoms with E-state index < -0.39 is 12.2 Å². The van der Waals surface area contributed by atoms with E-state index in [1.54, 1.807) is 24.3 Å². The highest BCUT2D eigenvalue weighted by Crippen LogP contribution is 2.37.